The first kappa shape index (κ1) is 24.2. The second kappa shape index (κ2) is 9.37. The van der Waals surface area contributed by atoms with E-state index in [0.29, 0.717) is 5.56 Å². The Kier molecular flexibility index (Phi) is 6.48. The highest BCUT2D eigenvalue weighted by Crippen LogP contribution is 2.32. The number of halogens is 4. The van der Waals surface area contributed by atoms with Crippen molar-refractivity contribution in [2.45, 2.75) is 25.7 Å². The number of hydrogen-bond donors (Lipinski definition) is 1. The molecule has 35 heavy (non-hydrogen) atoms. The fourth-order valence-electron chi connectivity index (χ4n) is 3.59. The quantitative estimate of drug-likeness (QED) is 0.400. The van der Waals surface area contributed by atoms with Gasteiger partial charge in [0.05, 0.1) is 12.1 Å². The van der Waals surface area contributed by atoms with Gasteiger partial charge >= 0.3 is 17.9 Å². The normalized spacial score (nSPS) is 11.8. The molecule has 4 rings (SSSR count). The fourth-order valence-corrected chi connectivity index (χ4v) is 3.59. The van der Waals surface area contributed by atoms with Crippen LogP contribution in [0.4, 0.5) is 17.6 Å². The Morgan fingerprint density at radius 2 is 1.66 bits per heavy atom. The molecule has 0 atom stereocenters. The largest absolute Gasteiger partial charge is 0.425 e. The minimum atomic E-state index is -4.52. The SMILES string of the molecule is Cn1c(=O)n(CCCO)c(=O)c2c1nc(Oc1ccc(C(F)(F)F)cc1)n2Cc1ccc(F)cc1. The summed E-state index contributed by atoms with van der Waals surface area (Å²) in [7, 11) is 1.41. The second-order valence-electron chi connectivity index (χ2n) is 7.78. The van der Waals surface area contributed by atoms with Crippen LogP contribution in [-0.4, -0.2) is 30.4 Å². The molecule has 0 saturated heterocycles. The molecule has 0 spiro atoms. The number of hydrogen-bond acceptors (Lipinski definition) is 5. The van der Waals surface area contributed by atoms with Gasteiger partial charge in [-0.05, 0) is 48.4 Å². The van der Waals surface area contributed by atoms with E-state index in [0.717, 1.165) is 33.4 Å². The predicted octanol–water partition coefficient (Wildman–Crippen LogP) is 3.28. The molecule has 12 heteroatoms. The lowest BCUT2D eigenvalue weighted by Gasteiger charge is -2.12. The van der Waals surface area contributed by atoms with Gasteiger partial charge in [0.2, 0.25) is 0 Å². The van der Waals surface area contributed by atoms with Gasteiger partial charge in [0.25, 0.3) is 5.56 Å². The highest BCUT2D eigenvalue weighted by molar-refractivity contribution is 5.72. The summed E-state index contributed by atoms with van der Waals surface area (Å²) in [6.07, 6.45) is -4.35. The fraction of sp³-hybridized carbons (Fsp3) is 0.261. The number of alkyl halides is 3. The van der Waals surface area contributed by atoms with E-state index in [1.54, 1.807) is 0 Å². The van der Waals surface area contributed by atoms with Crippen molar-refractivity contribution in [2.75, 3.05) is 6.61 Å². The molecular weight excluding hydrogens is 472 g/mol. The zero-order valence-corrected chi connectivity index (χ0v) is 18.4. The van der Waals surface area contributed by atoms with Crippen LogP contribution in [0.5, 0.6) is 11.8 Å². The first-order chi connectivity index (χ1) is 16.6. The number of aliphatic hydroxyl groups excluding tert-OH is 1. The maximum absolute atomic E-state index is 13.4. The molecule has 0 saturated carbocycles. The number of nitrogens with zero attached hydrogens (tertiary/aromatic N) is 4. The number of aryl methyl sites for hydroxylation is 1. The lowest BCUT2D eigenvalue weighted by Crippen LogP contribution is -2.39. The molecule has 0 radical (unpaired) electrons. The van der Waals surface area contributed by atoms with Crippen LogP contribution in [0.15, 0.2) is 58.1 Å². The number of fused-ring (bicyclic) bond motifs is 1. The summed E-state index contributed by atoms with van der Waals surface area (Å²) in [5, 5.41) is 9.14. The molecule has 2 aromatic carbocycles. The third-order valence-electron chi connectivity index (χ3n) is 5.38. The van der Waals surface area contributed by atoms with Crippen LogP contribution in [0.25, 0.3) is 11.2 Å². The van der Waals surface area contributed by atoms with Crippen LogP contribution < -0.4 is 16.0 Å². The van der Waals surface area contributed by atoms with Crippen molar-refractivity contribution in [1.82, 2.24) is 18.7 Å². The summed E-state index contributed by atoms with van der Waals surface area (Å²) in [5.74, 6) is -0.432. The van der Waals surface area contributed by atoms with Crippen molar-refractivity contribution in [3.05, 3.63) is 86.3 Å². The third-order valence-corrected chi connectivity index (χ3v) is 5.38. The van der Waals surface area contributed by atoms with Crippen LogP contribution in [0.1, 0.15) is 17.5 Å². The highest BCUT2D eigenvalue weighted by Gasteiger charge is 2.30. The summed E-state index contributed by atoms with van der Waals surface area (Å²) in [4.78, 5) is 30.3. The van der Waals surface area contributed by atoms with E-state index in [2.05, 4.69) is 4.98 Å². The summed E-state index contributed by atoms with van der Waals surface area (Å²) in [5.41, 5.74) is -1.59. The first-order valence-electron chi connectivity index (χ1n) is 10.5. The lowest BCUT2D eigenvalue weighted by atomic mass is 10.2. The van der Waals surface area contributed by atoms with E-state index in [9.17, 15) is 27.2 Å². The summed E-state index contributed by atoms with van der Waals surface area (Å²) >= 11 is 0. The molecule has 0 aliphatic carbocycles. The minimum Gasteiger partial charge on any atom is -0.425 e. The molecule has 0 aliphatic heterocycles. The molecular formula is C23H20F4N4O4. The number of aromatic nitrogens is 4. The van der Waals surface area contributed by atoms with E-state index < -0.39 is 28.8 Å². The zero-order valence-electron chi connectivity index (χ0n) is 18.4. The summed E-state index contributed by atoms with van der Waals surface area (Å²) in [6, 6.07) is 9.24. The maximum atomic E-state index is 13.4. The Hall–Kier alpha value is -3.93. The molecule has 0 fully saturated rings. The molecule has 0 aliphatic rings. The molecule has 0 unspecified atom stereocenters. The molecule has 0 amide bonds. The van der Waals surface area contributed by atoms with Crippen LogP contribution in [0.2, 0.25) is 0 Å². The van der Waals surface area contributed by atoms with Crippen molar-refractivity contribution in [3.63, 3.8) is 0 Å². The van der Waals surface area contributed by atoms with Crippen molar-refractivity contribution in [3.8, 4) is 11.8 Å². The summed E-state index contributed by atoms with van der Waals surface area (Å²) in [6.45, 7) is -0.264. The van der Waals surface area contributed by atoms with Gasteiger partial charge in [-0.2, -0.15) is 18.2 Å². The zero-order chi connectivity index (χ0) is 25.3. The average Bonchev–Trinajstić information content (AvgIpc) is 3.17. The standard InChI is InChI=1S/C23H20F4N4O4/c1-29-19-18(20(33)30(22(29)34)11-2-12-32)31(13-14-3-7-16(24)8-4-14)21(28-19)35-17-9-5-15(6-10-17)23(25,26)27/h3-10,32H,2,11-13H2,1H3. The molecule has 184 valence electrons. The van der Waals surface area contributed by atoms with Crippen LogP contribution in [-0.2, 0) is 26.3 Å². The average molecular weight is 492 g/mol. The minimum absolute atomic E-state index is 0.000190. The van der Waals surface area contributed by atoms with Gasteiger partial charge in [-0.25, -0.2) is 9.18 Å². The van der Waals surface area contributed by atoms with Gasteiger partial charge in [0.1, 0.15) is 11.6 Å². The highest BCUT2D eigenvalue weighted by atomic mass is 19.4. The molecule has 4 aromatic rings. The van der Waals surface area contributed by atoms with Crippen molar-refractivity contribution in [1.29, 1.82) is 0 Å². The Labute approximate surface area is 195 Å². The number of rotatable bonds is 7. The lowest BCUT2D eigenvalue weighted by molar-refractivity contribution is -0.137. The van der Waals surface area contributed by atoms with Gasteiger partial charge < -0.3 is 9.84 Å². The Balaban J connectivity index is 1.87. The Bertz CT molecular complexity index is 1470. The predicted molar refractivity (Wildman–Crippen MR) is 118 cm³/mol. The first-order valence-corrected chi connectivity index (χ1v) is 10.5. The van der Waals surface area contributed by atoms with E-state index in [4.69, 9.17) is 9.84 Å². The van der Waals surface area contributed by atoms with E-state index >= 15 is 0 Å². The molecule has 1 N–H and O–H groups in total. The smallest absolute Gasteiger partial charge is 0.416 e. The van der Waals surface area contributed by atoms with E-state index in [1.807, 2.05) is 0 Å². The Morgan fingerprint density at radius 1 is 1.00 bits per heavy atom. The molecule has 2 heterocycles. The van der Waals surface area contributed by atoms with Gasteiger partial charge in [0.15, 0.2) is 11.2 Å². The number of ether oxygens (including phenoxy) is 1. The van der Waals surface area contributed by atoms with Crippen LogP contribution in [0.3, 0.4) is 0 Å². The third kappa shape index (κ3) is 4.83. The van der Waals surface area contributed by atoms with Gasteiger partial charge in [-0.1, -0.05) is 12.1 Å². The molecule has 0 bridgehead atoms. The van der Waals surface area contributed by atoms with Gasteiger partial charge in [-0.3, -0.25) is 18.5 Å². The monoisotopic (exact) mass is 492 g/mol. The summed E-state index contributed by atoms with van der Waals surface area (Å²) < 4.78 is 61.3. The van der Waals surface area contributed by atoms with Crippen molar-refractivity contribution in [2.24, 2.45) is 7.05 Å². The van der Waals surface area contributed by atoms with E-state index in [1.165, 1.54) is 35.9 Å². The van der Waals surface area contributed by atoms with Crippen LogP contribution >= 0.6 is 0 Å². The number of benzene rings is 2. The van der Waals surface area contributed by atoms with Crippen LogP contribution in [0, 0.1) is 5.82 Å². The van der Waals surface area contributed by atoms with Crippen molar-refractivity contribution < 1.29 is 27.4 Å². The second-order valence-corrected chi connectivity index (χ2v) is 7.78. The Morgan fingerprint density at radius 3 is 2.26 bits per heavy atom. The number of aliphatic hydroxyl groups is 1. The topological polar surface area (TPSA) is 91.3 Å². The molecule has 8 nitrogen and oxygen atoms in total. The van der Waals surface area contributed by atoms with Gasteiger partial charge in [-0.15, -0.1) is 0 Å². The molecule has 2 aromatic heterocycles. The van der Waals surface area contributed by atoms with Crippen molar-refractivity contribution >= 4 is 11.2 Å². The van der Waals surface area contributed by atoms with Gasteiger partial charge in [0, 0.05) is 20.2 Å². The van der Waals surface area contributed by atoms with E-state index in [-0.39, 0.29) is 49.0 Å². The maximum Gasteiger partial charge on any atom is 0.416 e. The number of imidazole rings is 1.